The van der Waals surface area contributed by atoms with Crippen LogP contribution in [0.1, 0.15) is 44.5 Å². The van der Waals surface area contributed by atoms with Gasteiger partial charge in [0, 0.05) is 23.5 Å². The first-order valence-corrected chi connectivity index (χ1v) is 4.96. The van der Waals surface area contributed by atoms with Crippen LogP contribution in [-0.4, -0.2) is 4.57 Å². The Morgan fingerprint density at radius 1 is 1.46 bits per heavy atom. The summed E-state index contributed by atoms with van der Waals surface area (Å²) < 4.78 is 2.32. The van der Waals surface area contributed by atoms with Crippen molar-refractivity contribution in [3.05, 3.63) is 23.5 Å². The minimum atomic E-state index is 0.162. The van der Waals surface area contributed by atoms with E-state index >= 15 is 0 Å². The van der Waals surface area contributed by atoms with Crippen molar-refractivity contribution >= 4 is 0 Å². The Labute approximate surface area is 79.7 Å². The summed E-state index contributed by atoms with van der Waals surface area (Å²) in [6.45, 7) is 6.66. The number of nitrogens with two attached hydrogens (primary N) is 1. The van der Waals surface area contributed by atoms with Gasteiger partial charge in [0.05, 0.1) is 0 Å². The molecule has 13 heavy (non-hydrogen) atoms. The van der Waals surface area contributed by atoms with E-state index in [1.165, 1.54) is 11.3 Å². The molecule has 0 amide bonds. The summed E-state index contributed by atoms with van der Waals surface area (Å²) in [6, 6.07) is 2.47. The molecule has 1 aromatic rings. The fourth-order valence-corrected chi connectivity index (χ4v) is 2.15. The maximum atomic E-state index is 6.07. The van der Waals surface area contributed by atoms with Crippen molar-refractivity contribution in [2.75, 3.05) is 0 Å². The number of aromatic nitrogens is 1. The molecule has 2 heteroatoms. The van der Waals surface area contributed by atoms with Gasteiger partial charge in [-0.1, -0.05) is 0 Å². The van der Waals surface area contributed by atoms with Crippen LogP contribution in [0.3, 0.4) is 0 Å². The van der Waals surface area contributed by atoms with Crippen molar-refractivity contribution in [1.29, 1.82) is 0 Å². The highest BCUT2D eigenvalue weighted by molar-refractivity contribution is 5.31. The van der Waals surface area contributed by atoms with Crippen molar-refractivity contribution in [2.45, 2.75) is 45.2 Å². The minimum absolute atomic E-state index is 0.162. The molecular weight excluding hydrogens is 160 g/mol. The molecule has 2 nitrogen and oxygen atoms in total. The lowest BCUT2D eigenvalue weighted by atomic mass is 10.1. The van der Waals surface area contributed by atoms with Gasteiger partial charge in [-0.15, -0.1) is 0 Å². The van der Waals surface area contributed by atoms with E-state index in [4.69, 9.17) is 5.73 Å². The molecular formula is C11H18N2. The normalized spacial score (nSPS) is 22.0. The number of rotatable bonds is 0. The molecule has 0 bridgehead atoms. The van der Waals surface area contributed by atoms with Crippen LogP contribution in [0.25, 0.3) is 0 Å². The van der Waals surface area contributed by atoms with Crippen LogP contribution in [0.5, 0.6) is 0 Å². The van der Waals surface area contributed by atoms with Gasteiger partial charge in [-0.3, -0.25) is 0 Å². The van der Waals surface area contributed by atoms with Crippen LogP contribution in [-0.2, 0) is 12.0 Å². The van der Waals surface area contributed by atoms with Gasteiger partial charge < -0.3 is 10.3 Å². The zero-order valence-electron chi connectivity index (χ0n) is 8.67. The Hall–Kier alpha value is -0.760. The Morgan fingerprint density at radius 2 is 2.15 bits per heavy atom. The van der Waals surface area contributed by atoms with E-state index in [2.05, 4.69) is 37.6 Å². The van der Waals surface area contributed by atoms with Crippen LogP contribution in [0.2, 0.25) is 0 Å². The van der Waals surface area contributed by atoms with Crippen molar-refractivity contribution < 1.29 is 0 Å². The second-order valence-corrected chi connectivity index (χ2v) is 4.91. The Morgan fingerprint density at radius 3 is 2.77 bits per heavy atom. The lowest BCUT2D eigenvalue weighted by molar-refractivity contribution is 0.379. The van der Waals surface area contributed by atoms with E-state index in [9.17, 15) is 0 Å². The average molecular weight is 178 g/mol. The molecule has 0 aromatic carbocycles. The van der Waals surface area contributed by atoms with Crippen molar-refractivity contribution in [1.82, 2.24) is 4.57 Å². The van der Waals surface area contributed by atoms with Crippen molar-refractivity contribution in [3.63, 3.8) is 0 Å². The first-order chi connectivity index (χ1) is 6.00. The van der Waals surface area contributed by atoms with Gasteiger partial charge in [-0.25, -0.2) is 0 Å². The van der Waals surface area contributed by atoms with Gasteiger partial charge in [-0.05, 0) is 45.2 Å². The molecule has 1 atom stereocenters. The van der Waals surface area contributed by atoms with Crippen LogP contribution in [0.15, 0.2) is 12.3 Å². The summed E-state index contributed by atoms with van der Waals surface area (Å²) in [7, 11) is 0. The number of hydrogen-bond donors (Lipinski definition) is 1. The quantitative estimate of drug-likeness (QED) is 0.648. The molecule has 2 N–H and O–H groups in total. The van der Waals surface area contributed by atoms with E-state index in [-0.39, 0.29) is 11.6 Å². The third-order valence-electron chi connectivity index (χ3n) is 2.81. The maximum absolute atomic E-state index is 6.07. The summed E-state index contributed by atoms with van der Waals surface area (Å²) in [5.74, 6) is 0. The number of aryl methyl sites for hydroxylation is 1. The smallest absolute Gasteiger partial charge is 0.0456 e. The SMILES string of the molecule is CC(C)(C)n1ccc2c1C(N)CC2. The highest BCUT2D eigenvalue weighted by atomic mass is 15.1. The fourth-order valence-electron chi connectivity index (χ4n) is 2.15. The molecule has 72 valence electrons. The molecule has 0 fully saturated rings. The van der Waals surface area contributed by atoms with Gasteiger partial charge in [-0.2, -0.15) is 0 Å². The zero-order valence-corrected chi connectivity index (χ0v) is 8.67. The lowest BCUT2D eigenvalue weighted by Crippen LogP contribution is -2.25. The molecule has 0 aliphatic heterocycles. The van der Waals surface area contributed by atoms with E-state index in [1.54, 1.807) is 0 Å². The van der Waals surface area contributed by atoms with E-state index in [0.717, 1.165) is 12.8 Å². The largest absolute Gasteiger partial charge is 0.344 e. The molecule has 0 saturated heterocycles. The molecule has 2 rings (SSSR count). The lowest BCUT2D eigenvalue weighted by Gasteiger charge is -2.25. The number of hydrogen-bond acceptors (Lipinski definition) is 1. The standard InChI is InChI=1S/C11H18N2/c1-11(2,3)13-7-6-8-4-5-9(12)10(8)13/h6-7,9H,4-5,12H2,1-3H3. The van der Waals surface area contributed by atoms with Gasteiger partial charge in [0.2, 0.25) is 0 Å². The minimum Gasteiger partial charge on any atom is -0.344 e. The number of nitrogens with zero attached hydrogens (tertiary/aromatic N) is 1. The molecule has 0 saturated carbocycles. The van der Waals surface area contributed by atoms with Crippen LogP contribution in [0, 0.1) is 0 Å². The summed E-state index contributed by atoms with van der Waals surface area (Å²) in [4.78, 5) is 0. The fraction of sp³-hybridized carbons (Fsp3) is 0.636. The van der Waals surface area contributed by atoms with Crippen LogP contribution < -0.4 is 5.73 Å². The monoisotopic (exact) mass is 178 g/mol. The zero-order chi connectivity index (χ0) is 9.64. The first-order valence-electron chi connectivity index (χ1n) is 4.96. The molecule has 0 radical (unpaired) electrons. The third-order valence-corrected chi connectivity index (χ3v) is 2.81. The molecule has 1 heterocycles. The topological polar surface area (TPSA) is 30.9 Å². The Bertz CT molecular complexity index is 317. The predicted molar refractivity (Wildman–Crippen MR) is 54.7 cm³/mol. The summed E-state index contributed by atoms with van der Waals surface area (Å²) in [5, 5.41) is 0. The second-order valence-electron chi connectivity index (χ2n) is 4.91. The molecule has 1 aliphatic carbocycles. The summed E-state index contributed by atoms with van der Waals surface area (Å²) >= 11 is 0. The highest BCUT2D eigenvalue weighted by Crippen LogP contribution is 2.33. The van der Waals surface area contributed by atoms with Crippen LogP contribution in [0.4, 0.5) is 0 Å². The van der Waals surface area contributed by atoms with E-state index in [0.29, 0.717) is 0 Å². The van der Waals surface area contributed by atoms with Crippen LogP contribution >= 0.6 is 0 Å². The van der Waals surface area contributed by atoms with Gasteiger partial charge >= 0.3 is 0 Å². The van der Waals surface area contributed by atoms with Gasteiger partial charge in [0.25, 0.3) is 0 Å². The van der Waals surface area contributed by atoms with E-state index in [1.807, 2.05) is 0 Å². The number of fused-ring (bicyclic) bond motifs is 1. The van der Waals surface area contributed by atoms with Crippen molar-refractivity contribution in [3.8, 4) is 0 Å². The average Bonchev–Trinajstić information content (AvgIpc) is 2.51. The predicted octanol–water partition coefficient (Wildman–Crippen LogP) is 2.19. The second kappa shape index (κ2) is 2.61. The molecule has 0 spiro atoms. The van der Waals surface area contributed by atoms with Crippen molar-refractivity contribution in [2.24, 2.45) is 5.73 Å². The Balaban J connectivity index is 2.50. The van der Waals surface area contributed by atoms with Gasteiger partial charge in [0.15, 0.2) is 0 Å². The van der Waals surface area contributed by atoms with E-state index < -0.39 is 0 Å². The maximum Gasteiger partial charge on any atom is 0.0456 e. The Kier molecular flexibility index (Phi) is 1.77. The molecule has 1 aliphatic rings. The molecule has 1 unspecified atom stereocenters. The third kappa shape index (κ3) is 1.29. The highest BCUT2D eigenvalue weighted by Gasteiger charge is 2.27. The first kappa shape index (κ1) is 8.82. The van der Waals surface area contributed by atoms with Gasteiger partial charge in [0.1, 0.15) is 0 Å². The molecule has 1 aromatic heterocycles. The summed E-state index contributed by atoms with van der Waals surface area (Å²) in [5.41, 5.74) is 9.03. The summed E-state index contributed by atoms with van der Waals surface area (Å²) in [6.07, 6.45) is 4.44.